The molecule has 0 amide bonds. The van der Waals surface area contributed by atoms with Crippen molar-refractivity contribution in [3.63, 3.8) is 0 Å². The molecule has 0 radical (unpaired) electrons. The van der Waals surface area contributed by atoms with Gasteiger partial charge >= 0.3 is 0 Å². The van der Waals surface area contributed by atoms with Crippen LogP contribution in [0.25, 0.3) is 0 Å². The van der Waals surface area contributed by atoms with Gasteiger partial charge in [-0.1, -0.05) is 36.4 Å². The van der Waals surface area contributed by atoms with Crippen LogP contribution >= 0.6 is 0 Å². The van der Waals surface area contributed by atoms with Crippen molar-refractivity contribution >= 4 is 21.5 Å². The van der Waals surface area contributed by atoms with Crippen LogP contribution in [0.2, 0.25) is 0 Å². The van der Waals surface area contributed by atoms with Gasteiger partial charge in [-0.15, -0.1) is 0 Å². The Morgan fingerprint density at radius 1 is 1.06 bits per heavy atom. The summed E-state index contributed by atoms with van der Waals surface area (Å²) in [7, 11) is 0.329. The number of anilines is 1. The maximum atomic E-state index is 12.3. The Balaban J connectivity index is 1.42. The Bertz CT molecular complexity index is 956. The number of guanidine groups is 1. The summed E-state index contributed by atoms with van der Waals surface area (Å²) in [6, 6.07) is 17.4. The first-order chi connectivity index (χ1) is 15.0. The molecule has 0 atom stereocenters. The van der Waals surface area contributed by atoms with Gasteiger partial charge in [0.2, 0.25) is 0 Å². The SMILES string of the molecule is CN=C(NCCCS(=O)(=O)Cc1ccccc1)N1CCN(c2cccc(OC)c2)CC1. The van der Waals surface area contributed by atoms with Gasteiger partial charge in [0.05, 0.1) is 18.6 Å². The van der Waals surface area contributed by atoms with E-state index in [9.17, 15) is 8.42 Å². The Morgan fingerprint density at radius 2 is 1.81 bits per heavy atom. The van der Waals surface area contributed by atoms with E-state index in [1.807, 2.05) is 42.5 Å². The van der Waals surface area contributed by atoms with Gasteiger partial charge < -0.3 is 19.9 Å². The first-order valence-electron chi connectivity index (χ1n) is 10.6. The van der Waals surface area contributed by atoms with Crippen LogP contribution in [0, 0.1) is 0 Å². The van der Waals surface area contributed by atoms with Gasteiger partial charge in [0.25, 0.3) is 0 Å². The van der Waals surface area contributed by atoms with Crippen molar-refractivity contribution in [3.05, 3.63) is 60.2 Å². The van der Waals surface area contributed by atoms with Gasteiger partial charge in [0, 0.05) is 51.5 Å². The monoisotopic (exact) mass is 444 g/mol. The molecule has 2 aromatic carbocycles. The lowest BCUT2D eigenvalue weighted by Crippen LogP contribution is -2.52. The van der Waals surface area contributed by atoms with Crippen LogP contribution in [0.1, 0.15) is 12.0 Å². The van der Waals surface area contributed by atoms with E-state index in [0.29, 0.717) is 13.0 Å². The molecule has 0 unspecified atom stereocenters. The zero-order valence-corrected chi connectivity index (χ0v) is 19.1. The number of hydrogen-bond donors (Lipinski definition) is 1. The highest BCUT2D eigenvalue weighted by atomic mass is 32.2. The van der Waals surface area contributed by atoms with Gasteiger partial charge in [-0.2, -0.15) is 0 Å². The van der Waals surface area contributed by atoms with Crippen LogP contribution < -0.4 is 15.0 Å². The largest absolute Gasteiger partial charge is 0.497 e. The number of piperazine rings is 1. The number of sulfone groups is 1. The third kappa shape index (κ3) is 6.89. The van der Waals surface area contributed by atoms with Gasteiger partial charge in [-0.3, -0.25) is 4.99 Å². The van der Waals surface area contributed by atoms with Crippen molar-refractivity contribution in [2.75, 3.05) is 57.5 Å². The first-order valence-corrected chi connectivity index (χ1v) is 12.4. The molecule has 1 heterocycles. The van der Waals surface area contributed by atoms with Crippen LogP contribution in [-0.4, -0.2) is 71.9 Å². The summed E-state index contributed by atoms with van der Waals surface area (Å²) in [5.41, 5.74) is 1.99. The smallest absolute Gasteiger partial charge is 0.193 e. The van der Waals surface area contributed by atoms with E-state index in [-0.39, 0.29) is 11.5 Å². The van der Waals surface area contributed by atoms with Gasteiger partial charge in [-0.05, 0) is 24.1 Å². The summed E-state index contributed by atoms with van der Waals surface area (Å²) in [5, 5.41) is 3.32. The zero-order valence-electron chi connectivity index (χ0n) is 18.3. The number of aliphatic imine (C=N–C) groups is 1. The Hall–Kier alpha value is -2.74. The lowest BCUT2D eigenvalue weighted by molar-refractivity contribution is 0.372. The fourth-order valence-corrected chi connectivity index (χ4v) is 5.14. The fourth-order valence-electron chi connectivity index (χ4n) is 3.71. The number of rotatable bonds is 8. The Morgan fingerprint density at radius 3 is 2.48 bits per heavy atom. The third-order valence-electron chi connectivity index (χ3n) is 5.35. The predicted molar refractivity (Wildman–Crippen MR) is 127 cm³/mol. The zero-order chi connectivity index (χ0) is 22.1. The van der Waals surface area contributed by atoms with E-state index in [2.05, 4.69) is 32.2 Å². The molecule has 1 N–H and O–H groups in total. The molecule has 0 saturated carbocycles. The molecule has 0 spiro atoms. The second-order valence-corrected chi connectivity index (χ2v) is 9.76. The molecule has 7 nitrogen and oxygen atoms in total. The maximum absolute atomic E-state index is 12.3. The summed E-state index contributed by atoms with van der Waals surface area (Å²) in [6.07, 6.45) is 0.554. The molecule has 1 aliphatic heterocycles. The average molecular weight is 445 g/mol. The van der Waals surface area contributed by atoms with Crippen LogP contribution in [0.3, 0.4) is 0 Å². The van der Waals surface area contributed by atoms with Crippen molar-refractivity contribution in [2.45, 2.75) is 12.2 Å². The number of benzene rings is 2. The van der Waals surface area contributed by atoms with Crippen LogP contribution in [-0.2, 0) is 15.6 Å². The molecular formula is C23H32N4O3S. The van der Waals surface area contributed by atoms with Crippen LogP contribution in [0.15, 0.2) is 59.6 Å². The molecule has 3 rings (SSSR count). The molecule has 0 aliphatic carbocycles. The number of hydrogen-bond acceptors (Lipinski definition) is 5. The average Bonchev–Trinajstić information content (AvgIpc) is 2.80. The second kappa shape index (κ2) is 11.0. The van der Waals surface area contributed by atoms with E-state index >= 15 is 0 Å². The van der Waals surface area contributed by atoms with Gasteiger partial charge in [-0.25, -0.2) is 8.42 Å². The van der Waals surface area contributed by atoms with Crippen molar-refractivity contribution in [3.8, 4) is 5.75 Å². The van der Waals surface area contributed by atoms with Crippen molar-refractivity contribution in [1.82, 2.24) is 10.2 Å². The lowest BCUT2D eigenvalue weighted by Gasteiger charge is -2.37. The number of methoxy groups -OCH3 is 1. The molecule has 31 heavy (non-hydrogen) atoms. The summed E-state index contributed by atoms with van der Waals surface area (Å²) in [5.74, 6) is 1.94. The van der Waals surface area contributed by atoms with Crippen LogP contribution in [0.4, 0.5) is 5.69 Å². The topological polar surface area (TPSA) is 74.2 Å². The molecule has 0 bridgehead atoms. The first kappa shape index (κ1) is 22.9. The minimum absolute atomic E-state index is 0.0921. The predicted octanol–water partition coefficient (Wildman–Crippen LogP) is 2.40. The molecular weight excluding hydrogens is 412 g/mol. The van der Waals surface area contributed by atoms with E-state index < -0.39 is 9.84 Å². The molecule has 1 fully saturated rings. The highest BCUT2D eigenvalue weighted by molar-refractivity contribution is 7.90. The molecule has 2 aromatic rings. The third-order valence-corrected chi connectivity index (χ3v) is 7.04. The number of ether oxygens (including phenoxy) is 1. The lowest BCUT2D eigenvalue weighted by atomic mass is 10.2. The van der Waals surface area contributed by atoms with E-state index in [1.54, 1.807) is 14.2 Å². The normalized spacial score (nSPS) is 15.1. The quantitative estimate of drug-likeness (QED) is 0.383. The molecule has 8 heteroatoms. The van der Waals surface area contributed by atoms with E-state index in [1.165, 1.54) is 0 Å². The van der Waals surface area contributed by atoms with E-state index in [0.717, 1.165) is 49.1 Å². The molecule has 168 valence electrons. The van der Waals surface area contributed by atoms with Gasteiger partial charge in [0.1, 0.15) is 5.75 Å². The number of nitrogens with zero attached hydrogens (tertiary/aromatic N) is 3. The van der Waals surface area contributed by atoms with E-state index in [4.69, 9.17) is 4.74 Å². The van der Waals surface area contributed by atoms with Crippen molar-refractivity contribution in [2.24, 2.45) is 4.99 Å². The standard InChI is InChI=1S/C23H32N4O3S/c1-24-23(25-12-7-17-31(28,29)19-20-8-4-3-5-9-20)27-15-13-26(14-16-27)21-10-6-11-22(18-21)30-2/h3-6,8-11,18H,7,12-17,19H2,1-2H3,(H,24,25). The summed E-state index contributed by atoms with van der Waals surface area (Å²) in [6.45, 7) is 4.06. The number of nitrogens with one attached hydrogen (secondary N) is 1. The fraction of sp³-hybridized carbons (Fsp3) is 0.435. The van der Waals surface area contributed by atoms with Crippen LogP contribution in [0.5, 0.6) is 5.75 Å². The van der Waals surface area contributed by atoms with Crippen molar-refractivity contribution < 1.29 is 13.2 Å². The minimum atomic E-state index is -3.12. The second-order valence-electron chi connectivity index (χ2n) is 7.58. The summed E-state index contributed by atoms with van der Waals surface area (Å²) in [4.78, 5) is 8.94. The summed E-state index contributed by atoms with van der Waals surface area (Å²) < 4.78 is 30.0. The maximum Gasteiger partial charge on any atom is 0.193 e. The highest BCUT2D eigenvalue weighted by Gasteiger charge is 2.20. The Labute approximate surface area is 185 Å². The molecule has 1 saturated heterocycles. The molecule has 1 aliphatic rings. The molecule has 0 aromatic heterocycles. The summed E-state index contributed by atoms with van der Waals surface area (Å²) >= 11 is 0. The minimum Gasteiger partial charge on any atom is -0.497 e. The van der Waals surface area contributed by atoms with Crippen molar-refractivity contribution in [1.29, 1.82) is 0 Å². The van der Waals surface area contributed by atoms with Gasteiger partial charge in [0.15, 0.2) is 15.8 Å². The Kier molecular flexibility index (Phi) is 8.17. The highest BCUT2D eigenvalue weighted by Crippen LogP contribution is 2.22.